The molecule has 3 nitrogen and oxygen atoms in total. The van der Waals surface area contributed by atoms with Gasteiger partial charge in [-0.25, -0.2) is 0 Å². The van der Waals surface area contributed by atoms with Gasteiger partial charge in [0, 0.05) is 13.1 Å². The molecule has 0 bridgehead atoms. The molecule has 1 aromatic rings. The first-order chi connectivity index (χ1) is 9.58. The summed E-state index contributed by atoms with van der Waals surface area (Å²) in [5, 5.41) is 0. The van der Waals surface area contributed by atoms with Crippen LogP contribution in [-0.2, 0) is 11.2 Å². The van der Waals surface area contributed by atoms with Crippen molar-refractivity contribution in [3.8, 4) is 0 Å². The van der Waals surface area contributed by atoms with E-state index in [1.165, 1.54) is 0 Å². The Bertz CT molecular complexity index is 422. The minimum atomic E-state index is -0.409. The maximum atomic E-state index is 12.4. The smallest absolute Gasteiger partial charge is 0.239 e. The highest BCUT2D eigenvalue weighted by atomic mass is 16.2. The zero-order valence-electron chi connectivity index (χ0n) is 12.6. The fourth-order valence-electron chi connectivity index (χ4n) is 2.98. The van der Waals surface area contributed by atoms with Crippen LogP contribution in [0.5, 0.6) is 0 Å². The Hall–Kier alpha value is -1.35. The molecule has 0 spiro atoms. The molecule has 2 N–H and O–H groups in total. The van der Waals surface area contributed by atoms with Gasteiger partial charge >= 0.3 is 0 Å². The summed E-state index contributed by atoms with van der Waals surface area (Å²) in [6, 6.07) is 9.60. The second kappa shape index (κ2) is 6.89. The van der Waals surface area contributed by atoms with E-state index >= 15 is 0 Å². The van der Waals surface area contributed by atoms with Gasteiger partial charge in [0.25, 0.3) is 0 Å². The van der Waals surface area contributed by atoms with Gasteiger partial charge in [-0.15, -0.1) is 0 Å². The molecule has 0 radical (unpaired) electrons. The van der Waals surface area contributed by atoms with Gasteiger partial charge in [-0.05, 0) is 36.7 Å². The number of likely N-dealkylation sites (tertiary alicyclic amines) is 1. The third-order valence-electron chi connectivity index (χ3n) is 4.41. The maximum Gasteiger partial charge on any atom is 0.239 e. The molecule has 3 heteroatoms. The minimum Gasteiger partial charge on any atom is -0.341 e. The molecule has 1 atom stereocenters. The van der Waals surface area contributed by atoms with Gasteiger partial charge in [0.15, 0.2) is 0 Å². The van der Waals surface area contributed by atoms with E-state index in [4.69, 9.17) is 5.73 Å². The van der Waals surface area contributed by atoms with Crippen molar-refractivity contribution >= 4 is 5.91 Å². The van der Waals surface area contributed by atoms with E-state index in [1.807, 2.05) is 35.2 Å². The van der Waals surface area contributed by atoms with Crippen LogP contribution < -0.4 is 5.73 Å². The topological polar surface area (TPSA) is 46.3 Å². The largest absolute Gasteiger partial charge is 0.341 e. The van der Waals surface area contributed by atoms with Crippen molar-refractivity contribution in [1.29, 1.82) is 0 Å². The summed E-state index contributed by atoms with van der Waals surface area (Å²) in [5.74, 6) is 1.57. The Kier molecular flexibility index (Phi) is 5.18. The number of piperidine rings is 1. The van der Waals surface area contributed by atoms with Gasteiger partial charge < -0.3 is 10.6 Å². The van der Waals surface area contributed by atoms with E-state index < -0.39 is 6.04 Å². The fraction of sp³-hybridized carbons (Fsp3) is 0.588. The van der Waals surface area contributed by atoms with Crippen LogP contribution in [0.4, 0.5) is 0 Å². The number of carbonyl (C=O) groups excluding carboxylic acids is 1. The lowest BCUT2D eigenvalue weighted by Gasteiger charge is -2.35. The van der Waals surface area contributed by atoms with Crippen LogP contribution in [0.3, 0.4) is 0 Å². The predicted molar refractivity (Wildman–Crippen MR) is 82.3 cm³/mol. The average molecular weight is 274 g/mol. The molecule has 1 saturated heterocycles. The van der Waals surface area contributed by atoms with E-state index in [2.05, 4.69) is 13.8 Å². The van der Waals surface area contributed by atoms with E-state index in [0.717, 1.165) is 37.4 Å². The van der Waals surface area contributed by atoms with E-state index in [0.29, 0.717) is 12.3 Å². The normalized spacial score (nSPS) is 18.3. The number of amides is 1. The highest BCUT2D eigenvalue weighted by molar-refractivity contribution is 5.82. The molecule has 1 unspecified atom stereocenters. The lowest BCUT2D eigenvalue weighted by atomic mass is 9.86. The number of hydrogen-bond acceptors (Lipinski definition) is 2. The summed E-state index contributed by atoms with van der Waals surface area (Å²) in [5.41, 5.74) is 7.21. The summed E-state index contributed by atoms with van der Waals surface area (Å²) < 4.78 is 0. The van der Waals surface area contributed by atoms with Gasteiger partial charge in [0.05, 0.1) is 6.04 Å². The molecule has 1 aliphatic rings. The van der Waals surface area contributed by atoms with Crippen molar-refractivity contribution in [3.63, 3.8) is 0 Å². The molecule has 1 aromatic carbocycles. The Morgan fingerprint density at radius 3 is 2.40 bits per heavy atom. The number of benzene rings is 1. The van der Waals surface area contributed by atoms with Gasteiger partial charge in [-0.1, -0.05) is 44.2 Å². The van der Waals surface area contributed by atoms with Crippen LogP contribution in [-0.4, -0.2) is 29.9 Å². The maximum absolute atomic E-state index is 12.4. The summed E-state index contributed by atoms with van der Waals surface area (Å²) in [4.78, 5) is 14.3. The summed E-state index contributed by atoms with van der Waals surface area (Å²) >= 11 is 0. The van der Waals surface area contributed by atoms with Crippen LogP contribution in [0.1, 0.15) is 32.3 Å². The summed E-state index contributed by atoms with van der Waals surface area (Å²) in [7, 11) is 0. The zero-order valence-corrected chi connectivity index (χ0v) is 12.6. The molecule has 0 saturated carbocycles. The standard InChI is InChI=1S/C17H26N2O/c1-13(2)15-8-10-19(11-9-15)17(20)16(18)12-14-6-4-3-5-7-14/h3-7,13,15-16H,8-12,18H2,1-2H3. The summed E-state index contributed by atoms with van der Waals surface area (Å²) in [6.07, 6.45) is 2.85. The van der Waals surface area contributed by atoms with Crippen molar-refractivity contribution in [2.24, 2.45) is 17.6 Å². The first kappa shape index (κ1) is 15.0. The van der Waals surface area contributed by atoms with Crippen LogP contribution in [0.2, 0.25) is 0 Å². The lowest BCUT2D eigenvalue weighted by Crippen LogP contribution is -2.48. The molecular weight excluding hydrogens is 248 g/mol. The molecule has 0 aromatic heterocycles. The predicted octanol–water partition coefficient (Wildman–Crippen LogP) is 2.45. The van der Waals surface area contributed by atoms with Crippen molar-refractivity contribution in [1.82, 2.24) is 4.90 Å². The Labute approximate surface area is 122 Å². The van der Waals surface area contributed by atoms with Crippen molar-refractivity contribution in [3.05, 3.63) is 35.9 Å². The van der Waals surface area contributed by atoms with Crippen molar-refractivity contribution in [2.75, 3.05) is 13.1 Å². The quantitative estimate of drug-likeness (QED) is 0.916. The number of nitrogens with two attached hydrogens (primary N) is 1. The fourth-order valence-corrected chi connectivity index (χ4v) is 2.98. The Morgan fingerprint density at radius 2 is 1.85 bits per heavy atom. The van der Waals surface area contributed by atoms with Crippen LogP contribution in [0, 0.1) is 11.8 Å². The third kappa shape index (κ3) is 3.83. The molecule has 2 rings (SSSR count). The molecule has 1 fully saturated rings. The number of rotatable bonds is 4. The molecule has 1 amide bonds. The van der Waals surface area contributed by atoms with E-state index in [1.54, 1.807) is 0 Å². The van der Waals surface area contributed by atoms with Gasteiger partial charge in [-0.2, -0.15) is 0 Å². The molecular formula is C17H26N2O. The second-order valence-corrected chi connectivity index (χ2v) is 6.20. The minimum absolute atomic E-state index is 0.107. The second-order valence-electron chi connectivity index (χ2n) is 6.20. The Balaban J connectivity index is 1.85. The first-order valence-corrected chi connectivity index (χ1v) is 7.66. The number of carbonyl (C=O) groups is 1. The van der Waals surface area contributed by atoms with Crippen molar-refractivity contribution < 1.29 is 4.79 Å². The molecule has 1 heterocycles. The van der Waals surface area contributed by atoms with E-state index in [-0.39, 0.29) is 5.91 Å². The highest BCUT2D eigenvalue weighted by Gasteiger charge is 2.27. The summed E-state index contributed by atoms with van der Waals surface area (Å²) in [6.45, 7) is 6.26. The monoisotopic (exact) mass is 274 g/mol. The molecule has 20 heavy (non-hydrogen) atoms. The van der Waals surface area contributed by atoms with Crippen LogP contribution in [0.15, 0.2) is 30.3 Å². The molecule has 110 valence electrons. The van der Waals surface area contributed by atoms with Gasteiger partial charge in [0.2, 0.25) is 5.91 Å². The van der Waals surface area contributed by atoms with Crippen LogP contribution in [0.25, 0.3) is 0 Å². The van der Waals surface area contributed by atoms with Gasteiger partial charge in [-0.3, -0.25) is 4.79 Å². The van der Waals surface area contributed by atoms with E-state index in [9.17, 15) is 4.79 Å². The van der Waals surface area contributed by atoms with Crippen LogP contribution >= 0.6 is 0 Å². The average Bonchev–Trinajstić information content (AvgIpc) is 2.47. The van der Waals surface area contributed by atoms with Crippen molar-refractivity contribution in [2.45, 2.75) is 39.2 Å². The molecule has 0 aliphatic carbocycles. The van der Waals surface area contributed by atoms with Gasteiger partial charge in [0.1, 0.15) is 0 Å². The third-order valence-corrected chi connectivity index (χ3v) is 4.41. The number of hydrogen-bond donors (Lipinski definition) is 1. The first-order valence-electron chi connectivity index (χ1n) is 7.66. The SMILES string of the molecule is CC(C)C1CCN(C(=O)C(N)Cc2ccccc2)CC1. The highest BCUT2D eigenvalue weighted by Crippen LogP contribution is 2.24. The number of nitrogens with zero attached hydrogens (tertiary/aromatic N) is 1. The Morgan fingerprint density at radius 1 is 1.25 bits per heavy atom. The lowest BCUT2D eigenvalue weighted by molar-refractivity contribution is -0.134. The molecule has 1 aliphatic heterocycles. The zero-order chi connectivity index (χ0) is 14.5.